The summed E-state index contributed by atoms with van der Waals surface area (Å²) in [5.74, 6) is 0.325. The molecule has 0 aliphatic rings. The Kier molecular flexibility index (Phi) is 5.64. The molecule has 17 heavy (non-hydrogen) atoms. The second-order valence-electron chi connectivity index (χ2n) is 3.23. The summed E-state index contributed by atoms with van der Waals surface area (Å²) in [7, 11) is 0. The molecule has 4 heteroatoms. The van der Waals surface area contributed by atoms with Crippen LogP contribution in [0.4, 0.5) is 5.82 Å². The first-order valence-corrected chi connectivity index (χ1v) is 5.59. The molecule has 0 aliphatic heterocycles. The fraction of sp³-hybridized carbons (Fsp3) is 0.308. The van der Waals surface area contributed by atoms with Crippen LogP contribution in [0.25, 0.3) is 0 Å². The molecule has 1 aromatic heterocycles. The highest BCUT2D eigenvalue weighted by molar-refractivity contribution is 5.93. The van der Waals surface area contributed by atoms with Crippen molar-refractivity contribution in [3.05, 3.63) is 36.0 Å². The molecule has 0 bridgehead atoms. The summed E-state index contributed by atoms with van der Waals surface area (Å²) >= 11 is 0. The number of hydrogen-bond acceptors (Lipinski definition) is 4. The van der Waals surface area contributed by atoms with Crippen LogP contribution < -0.4 is 0 Å². The van der Waals surface area contributed by atoms with Crippen molar-refractivity contribution in [2.75, 3.05) is 6.61 Å². The van der Waals surface area contributed by atoms with Crippen molar-refractivity contribution in [3.63, 3.8) is 0 Å². The van der Waals surface area contributed by atoms with Crippen molar-refractivity contribution in [2.24, 2.45) is 4.99 Å². The smallest absolute Gasteiger partial charge is 0.334 e. The topological polar surface area (TPSA) is 51.5 Å². The average molecular weight is 232 g/mol. The molecule has 0 N–H and O–H groups in total. The first-order valence-electron chi connectivity index (χ1n) is 5.59. The van der Waals surface area contributed by atoms with E-state index in [1.54, 1.807) is 31.5 Å². The predicted molar refractivity (Wildman–Crippen MR) is 67.4 cm³/mol. The molecule has 4 nitrogen and oxygen atoms in total. The van der Waals surface area contributed by atoms with Crippen LogP contribution in [0.1, 0.15) is 20.3 Å². The van der Waals surface area contributed by atoms with Gasteiger partial charge in [-0.1, -0.05) is 13.0 Å². The Morgan fingerprint density at radius 3 is 2.88 bits per heavy atom. The first-order chi connectivity index (χ1) is 8.27. The van der Waals surface area contributed by atoms with E-state index in [0.29, 0.717) is 24.4 Å². The maximum absolute atomic E-state index is 11.4. The van der Waals surface area contributed by atoms with E-state index >= 15 is 0 Å². The Balaban J connectivity index is 2.67. The zero-order valence-corrected chi connectivity index (χ0v) is 10.1. The number of rotatable bonds is 5. The third kappa shape index (κ3) is 4.59. The predicted octanol–water partition coefficient (Wildman–Crippen LogP) is 2.68. The number of aliphatic imine (C=N–C) groups is 1. The van der Waals surface area contributed by atoms with Gasteiger partial charge in [-0.05, 0) is 31.6 Å². The van der Waals surface area contributed by atoms with Crippen molar-refractivity contribution < 1.29 is 9.53 Å². The van der Waals surface area contributed by atoms with Crippen molar-refractivity contribution in [1.29, 1.82) is 0 Å². The lowest BCUT2D eigenvalue weighted by molar-refractivity contribution is -0.138. The van der Waals surface area contributed by atoms with Gasteiger partial charge in [0.05, 0.1) is 6.61 Å². The molecule has 0 aliphatic carbocycles. The fourth-order valence-corrected chi connectivity index (χ4v) is 1.19. The molecule has 0 atom stereocenters. The lowest BCUT2D eigenvalue weighted by atomic mass is 10.2. The number of allylic oxidation sites excluding steroid dienone is 1. The Morgan fingerprint density at radius 2 is 2.29 bits per heavy atom. The van der Waals surface area contributed by atoms with E-state index < -0.39 is 0 Å². The van der Waals surface area contributed by atoms with Crippen LogP contribution >= 0.6 is 0 Å². The van der Waals surface area contributed by atoms with Gasteiger partial charge < -0.3 is 4.74 Å². The van der Waals surface area contributed by atoms with Crippen LogP contribution in [0.2, 0.25) is 0 Å². The Labute approximate surface area is 101 Å². The zero-order chi connectivity index (χ0) is 12.5. The van der Waals surface area contributed by atoms with Gasteiger partial charge in [-0.25, -0.2) is 14.8 Å². The number of nitrogens with zero attached hydrogens (tertiary/aromatic N) is 2. The van der Waals surface area contributed by atoms with Crippen molar-refractivity contribution in [1.82, 2.24) is 4.98 Å². The lowest BCUT2D eigenvalue weighted by Crippen LogP contribution is -2.07. The van der Waals surface area contributed by atoms with Crippen LogP contribution in [-0.4, -0.2) is 23.8 Å². The maximum Gasteiger partial charge on any atom is 0.334 e. The van der Waals surface area contributed by atoms with Crippen LogP contribution in [0, 0.1) is 0 Å². The second kappa shape index (κ2) is 7.33. The van der Waals surface area contributed by atoms with Gasteiger partial charge in [-0.3, -0.25) is 0 Å². The number of ether oxygens (including phenoxy) is 1. The average Bonchev–Trinajstić information content (AvgIpc) is 2.36. The lowest BCUT2D eigenvalue weighted by Gasteiger charge is -2.02. The normalized spacial score (nSPS) is 11.8. The van der Waals surface area contributed by atoms with Crippen molar-refractivity contribution in [3.8, 4) is 0 Å². The molecule has 0 unspecified atom stereocenters. The summed E-state index contributed by atoms with van der Waals surface area (Å²) in [5.41, 5.74) is 0.603. The quantitative estimate of drug-likeness (QED) is 0.445. The second-order valence-corrected chi connectivity index (χ2v) is 3.23. The molecule has 1 heterocycles. The van der Waals surface area contributed by atoms with Crippen molar-refractivity contribution >= 4 is 18.0 Å². The molecular weight excluding hydrogens is 216 g/mol. The number of aromatic nitrogens is 1. The zero-order valence-electron chi connectivity index (χ0n) is 10.1. The van der Waals surface area contributed by atoms with Gasteiger partial charge in [0.1, 0.15) is 0 Å². The van der Waals surface area contributed by atoms with Gasteiger partial charge >= 0.3 is 5.97 Å². The highest BCUT2D eigenvalue weighted by Gasteiger charge is 2.06. The molecule has 90 valence electrons. The Hall–Kier alpha value is -1.97. The molecule has 0 spiro atoms. The van der Waals surface area contributed by atoms with Gasteiger partial charge in [-0.15, -0.1) is 0 Å². The first kappa shape index (κ1) is 13.1. The minimum atomic E-state index is -0.289. The van der Waals surface area contributed by atoms with Gasteiger partial charge in [0.15, 0.2) is 5.82 Å². The van der Waals surface area contributed by atoms with Crippen LogP contribution in [0.3, 0.4) is 0 Å². The summed E-state index contributed by atoms with van der Waals surface area (Å²) < 4.78 is 4.91. The van der Waals surface area contributed by atoms with Gasteiger partial charge in [-0.2, -0.15) is 0 Å². The number of carbonyl (C=O) groups is 1. The highest BCUT2D eigenvalue weighted by Crippen LogP contribution is 2.06. The molecule has 0 fully saturated rings. The molecule has 1 rings (SSSR count). The van der Waals surface area contributed by atoms with Gasteiger partial charge in [0.25, 0.3) is 0 Å². The number of esters is 1. The third-order valence-electron chi connectivity index (χ3n) is 2.05. The Bertz CT molecular complexity index is 411. The fourth-order valence-electron chi connectivity index (χ4n) is 1.19. The summed E-state index contributed by atoms with van der Waals surface area (Å²) in [6.45, 7) is 4.07. The molecular formula is C13H16N2O2. The van der Waals surface area contributed by atoms with Crippen LogP contribution in [-0.2, 0) is 9.53 Å². The summed E-state index contributed by atoms with van der Waals surface area (Å²) in [6, 6.07) is 5.47. The van der Waals surface area contributed by atoms with E-state index in [-0.39, 0.29) is 5.97 Å². The van der Waals surface area contributed by atoms with E-state index in [9.17, 15) is 4.79 Å². The maximum atomic E-state index is 11.4. The van der Waals surface area contributed by atoms with Gasteiger partial charge in [0.2, 0.25) is 0 Å². The number of pyridine rings is 1. The Morgan fingerprint density at radius 1 is 1.47 bits per heavy atom. The summed E-state index contributed by atoms with van der Waals surface area (Å²) in [4.78, 5) is 19.6. The molecule has 0 saturated carbocycles. The monoisotopic (exact) mass is 232 g/mol. The molecule has 0 amide bonds. The summed E-state index contributed by atoms with van der Waals surface area (Å²) in [6.07, 6.45) is 5.51. The SMILES string of the molecule is CCOC(=O)/C(=C/C=Nc1ccccn1)CC. The minimum absolute atomic E-state index is 0.289. The van der Waals surface area contributed by atoms with E-state index in [2.05, 4.69) is 9.98 Å². The van der Waals surface area contributed by atoms with Crippen LogP contribution in [0.5, 0.6) is 0 Å². The van der Waals surface area contributed by atoms with E-state index in [4.69, 9.17) is 4.74 Å². The number of hydrogen-bond donors (Lipinski definition) is 0. The van der Waals surface area contributed by atoms with Crippen molar-refractivity contribution in [2.45, 2.75) is 20.3 Å². The summed E-state index contributed by atoms with van der Waals surface area (Å²) in [5, 5.41) is 0. The molecule has 0 aromatic carbocycles. The molecule has 0 radical (unpaired) electrons. The van der Waals surface area contributed by atoms with Crippen LogP contribution in [0.15, 0.2) is 41.0 Å². The van der Waals surface area contributed by atoms with Gasteiger partial charge in [0, 0.05) is 18.0 Å². The third-order valence-corrected chi connectivity index (χ3v) is 2.05. The van der Waals surface area contributed by atoms with E-state index in [1.807, 2.05) is 19.1 Å². The minimum Gasteiger partial charge on any atom is -0.463 e. The largest absolute Gasteiger partial charge is 0.463 e. The standard InChI is InChI=1S/C13H16N2O2/c1-3-11(13(16)17-4-2)8-10-15-12-7-5-6-9-14-12/h5-10H,3-4H2,1-2H3/b11-8+,15-10?. The number of carbonyl (C=O) groups excluding carboxylic acids is 1. The highest BCUT2D eigenvalue weighted by atomic mass is 16.5. The molecule has 0 saturated heterocycles. The van der Waals surface area contributed by atoms with E-state index in [0.717, 1.165) is 0 Å². The molecule has 1 aromatic rings. The van der Waals surface area contributed by atoms with E-state index in [1.165, 1.54) is 0 Å².